The van der Waals surface area contributed by atoms with Crippen molar-refractivity contribution in [1.29, 1.82) is 0 Å². The first-order valence-corrected chi connectivity index (χ1v) is 7.03. The summed E-state index contributed by atoms with van der Waals surface area (Å²) in [5, 5.41) is 3.54. The molecule has 3 N–H and O–H groups in total. The van der Waals surface area contributed by atoms with Gasteiger partial charge in [-0.1, -0.05) is 11.3 Å². The van der Waals surface area contributed by atoms with Crippen molar-refractivity contribution in [2.24, 2.45) is 0 Å². The topological polar surface area (TPSA) is 71.2 Å². The largest absolute Gasteiger partial charge is 0.375 e. The van der Waals surface area contributed by atoms with E-state index in [1.165, 1.54) is 11.3 Å². The Bertz CT molecular complexity index is 445. The molecule has 1 aromatic heterocycles. The maximum atomic E-state index is 12.1. The van der Waals surface area contributed by atoms with Gasteiger partial charge < -0.3 is 16.0 Å². The number of carbonyl (C=O) groups is 1. The number of nitrogens with one attached hydrogen (secondary N) is 1. The SMILES string of the molecule is Cc1nc(N)sc1C(=O)NC1CCN(C)C(C)C1. The number of nitrogens with zero attached hydrogens (tertiary/aromatic N) is 2. The zero-order valence-electron chi connectivity index (χ0n) is 11.1. The van der Waals surface area contributed by atoms with Crippen LogP contribution in [0.4, 0.5) is 5.13 Å². The molecule has 100 valence electrons. The second kappa shape index (κ2) is 5.24. The van der Waals surface area contributed by atoms with Crippen LogP contribution in [0, 0.1) is 6.92 Å². The van der Waals surface area contributed by atoms with E-state index >= 15 is 0 Å². The Morgan fingerprint density at radius 1 is 1.61 bits per heavy atom. The Hall–Kier alpha value is -1.14. The van der Waals surface area contributed by atoms with E-state index in [9.17, 15) is 4.79 Å². The van der Waals surface area contributed by atoms with Crippen molar-refractivity contribution in [1.82, 2.24) is 15.2 Å². The van der Waals surface area contributed by atoms with Crippen LogP contribution in [-0.2, 0) is 0 Å². The van der Waals surface area contributed by atoms with E-state index in [1.807, 2.05) is 6.92 Å². The van der Waals surface area contributed by atoms with Crippen LogP contribution in [0.3, 0.4) is 0 Å². The van der Waals surface area contributed by atoms with Crippen molar-refractivity contribution in [3.8, 4) is 0 Å². The fraction of sp³-hybridized carbons (Fsp3) is 0.667. The number of nitrogens with two attached hydrogens (primary N) is 1. The lowest BCUT2D eigenvalue weighted by Gasteiger charge is -2.35. The number of hydrogen-bond donors (Lipinski definition) is 2. The standard InChI is InChI=1S/C12H20N4OS/c1-7-6-9(4-5-16(7)3)15-11(17)10-8(2)14-12(13)18-10/h7,9H,4-6H2,1-3H3,(H2,13,14)(H,15,17). The maximum absolute atomic E-state index is 12.1. The number of aromatic nitrogens is 1. The lowest BCUT2D eigenvalue weighted by molar-refractivity contribution is 0.0900. The molecular weight excluding hydrogens is 248 g/mol. The molecule has 1 fully saturated rings. The van der Waals surface area contributed by atoms with Gasteiger partial charge in [-0.25, -0.2) is 4.98 Å². The molecule has 1 saturated heterocycles. The number of thiazole rings is 1. The molecule has 2 heterocycles. The zero-order valence-corrected chi connectivity index (χ0v) is 11.9. The summed E-state index contributed by atoms with van der Waals surface area (Å²) < 4.78 is 0. The highest BCUT2D eigenvalue weighted by atomic mass is 32.1. The predicted molar refractivity (Wildman–Crippen MR) is 73.8 cm³/mol. The van der Waals surface area contributed by atoms with Gasteiger partial charge >= 0.3 is 0 Å². The molecule has 1 aliphatic heterocycles. The second-order valence-electron chi connectivity index (χ2n) is 4.99. The number of aryl methyl sites for hydroxylation is 1. The van der Waals surface area contributed by atoms with Crippen LogP contribution in [-0.4, -0.2) is 41.5 Å². The third-order valence-electron chi connectivity index (χ3n) is 3.56. The minimum Gasteiger partial charge on any atom is -0.375 e. The number of hydrogen-bond acceptors (Lipinski definition) is 5. The first-order chi connectivity index (χ1) is 8.47. The van der Waals surface area contributed by atoms with Gasteiger partial charge in [0, 0.05) is 18.6 Å². The van der Waals surface area contributed by atoms with E-state index in [1.54, 1.807) is 0 Å². The van der Waals surface area contributed by atoms with Crippen LogP contribution >= 0.6 is 11.3 Å². The van der Waals surface area contributed by atoms with Gasteiger partial charge in [0.2, 0.25) is 0 Å². The lowest BCUT2D eigenvalue weighted by atomic mass is 9.99. The number of rotatable bonds is 2. The van der Waals surface area contributed by atoms with Crippen molar-refractivity contribution < 1.29 is 4.79 Å². The highest BCUT2D eigenvalue weighted by molar-refractivity contribution is 7.17. The Morgan fingerprint density at radius 3 is 2.89 bits per heavy atom. The normalized spacial score (nSPS) is 25.1. The first kappa shape index (κ1) is 13.3. The Morgan fingerprint density at radius 2 is 2.33 bits per heavy atom. The van der Waals surface area contributed by atoms with Gasteiger partial charge in [-0.3, -0.25) is 4.79 Å². The number of likely N-dealkylation sites (tertiary alicyclic amines) is 1. The van der Waals surface area contributed by atoms with Gasteiger partial charge in [-0.15, -0.1) is 0 Å². The molecule has 2 rings (SSSR count). The molecule has 0 aliphatic carbocycles. The Balaban J connectivity index is 1.98. The first-order valence-electron chi connectivity index (χ1n) is 6.21. The molecule has 0 radical (unpaired) electrons. The molecule has 2 atom stereocenters. The van der Waals surface area contributed by atoms with E-state index < -0.39 is 0 Å². The van der Waals surface area contributed by atoms with Gasteiger partial charge in [0.1, 0.15) is 4.88 Å². The van der Waals surface area contributed by atoms with Gasteiger partial charge in [0.25, 0.3) is 5.91 Å². The molecule has 0 aromatic carbocycles. The van der Waals surface area contributed by atoms with Crippen molar-refractivity contribution in [3.63, 3.8) is 0 Å². The summed E-state index contributed by atoms with van der Waals surface area (Å²) in [6.07, 6.45) is 2.00. The Labute approximate surface area is 111 Å². The van der Waals surface area contributed by atoms with Crippen molar-refractivity contribution >= 4 is 22.4 Å². The van der Waals surface area contributed by atoms with E-state index in [0.29, 0.717) is 16.1 Å². The van der Waals surface area contributed by atoms with E-state index in [2.05, 4.69) is 29.2 Å². The molecule has 0 bridgehead atoms. The second-order valence-corrected chi connectivity index (χ2v) is 6.02. The minimum atomic E-state index is -0.0385. The number of piperidine rings is 1. The van der Waals surface area contributed by atoms with Gasteiger partial charge in [0.05, 0.1) is 5.69 Å². The fourth-order valence-corrected chi connectivity index (χ4v) is 3.04. The molecular formula is C12H20N4OS. The summed E-state index contributed by atoms with van der Waals surface area (Å²) in [6, 6.07) is 0.767. The smallest absolute Gasteiger partial charge is 0.263 e. The monoisotopic (exact) mass is 268 g/mol. The summed E-state index contributed by atoms with van der Waals surface area (Å²) in [4.78, 5) is 19.2. The summed E-state index contributed by atoms with van der Waals surface area (Å²) in [5.41, 5.74) is 6.33. The van der Waals surface area contributed by atoms with E-state index in [0.717, 1.165) is 25.1 Å². The number of amides is 1. The van der Waals surface area contributed by atoms with Crippen LogP contribution in [0.2, 0.25) is 0 Å². The average Bonchev–Trinajstić information content (AvgIpc) is 2.63. The maximum Gasteiger partial charge on any atom is 0.263 e. The van der Waals surface area contributed by atoms with Crippen LogP contribution in [0.15, 0.2) is 0 Å². The summed E-state index contributed by atoms with van der Waals surface area (Å²) in [7, 11) is 2.12. The third-order valence-corrected chi connectivity index (χ3v) is 4.55. The minimum absolute atomic E-state index is 0.0385. The highest BCUT2D eigenvalue weighted by Gasteiger charge is 2.25. The highest BCUT2D eigenvalue weighted by Crippen LogP contribution is 2.21. The van der Waals surface area contributed by atoms with Gasteiger partial charge in [-0.05, 0) is 33.7 Å². The van der Waals surface area contributed by atoms with Crippen LogP contribution in [0.1, 0.15) is 35.1 Å². The molecule has 1 amide bonds. The van der Waals surface area contributed by atoms with Gasteiger partial charge in [0.15, 0.2) is 5.13 Å². The number of nitrogen functional groups attached to an aromatic ring is 1. The number of anilines is 1. The molecule has 2 unspecified atom stereocenters. The summed E-state index contributed by atoms with van der Waals surface area (Å²) >= 11 is 1.26. The van der Waals surface area contributed by atoms with Crippen LogP contribution in [0.5, 0.6) is 0 Å². The average molecular weight is 268 g/mol. The van der Waals surface area contributed by atoms with E-state index in [-0.39, 0.29) is 11.9 Å². The van der Waals surface area contributed by atoms with Crippen molar-refractivity contribution in [3.05, 3.63) is 10.6 Å². The lowest BCUT2D eigenvalue weighted by Crippen LogP contribution is -2.47. The molecule has 6 heteroatoms. The predicted octanol–water partition coefficient (Wildman–Crippen LogP) is 1.25. The van der Waals surface area contributed by atoms with Crippen LogP contribution < -0.4 is 11.1 Å². The molecule has 1 aliphatic rings. The summed E-state index contributed by atoms with van der Waals surface area (Å²) in [6.45, 7) is 5.03. The Kier molecular flexibility index (Phi) is 3.87. The molecule has 5 nitrogen and oxygen atoms in total. The van der Waals surface area contributed by atoms with Gasteiger partial charge in [-0.2, -0.15) is 0 Å². The van der Waals surface area contributed by atoms with Crippen molar-refractivity contribution in [2.45, 2.75) is 38.8 Å². The van der Waals surface area contributed by atoms with E-state index in [4.69, 9.17) is 5.73 Å². The quantitative estimate of drug-likeness (QED) is 0.846. The van der Waals surface area contributed by atoms with Crippen molar-refractivity contribution in [2.75, 3.05) is 19.3 Å². The number of carbonyl (C=O) groups excluding carboxylic acids is 1. The molecule has 1 aromatic rings. The third kappa shape index (κ3) is 2.81. The van der Waals surface area contributed by atoms with Crippen LogP contribution in [0.25, 0.3) is 0 Å². The molecule has 0 spiro atoms. The zero-order chi connectivity index (χ0) is 13.3. The molecule has 18 heavy (non-hydrogen) atoms. The molecule has 0 saturated carbocycles. The fourth-order valence-electron chi connectivity index (χ4n) is 2.30. The summed E-state index contributed by atoms with van der Waals surface area (Å²) in [5.74, 6) is -0.0385.